The number of sulfonamides is 1. The average molecular weight is 420 g/mol. The van der Waals surface area contributed by atoms with Crippen molar-refractivity contribution in [2.24, 2.45) is 5.14 Å². The fourth-order valence-electron chi connectivity index (χ4n) is 2.37. The summed E-state index contributed by atoms with van der Waals surface area (Å²) in [6.45, 7) is -0.0746. The number of aromatic nitrogens is 2. The Kier molecular flexibility index (Phi) is 5.58. The van der Waals surface area contributed by atoms with E-state index in [1.165, 1.54) is 41.3 Å². The zero-order valence-corrected chi connectivity index (χ0v) is 16.3. The number of primary sulfonamides is 1. The summed E-state index contributed by atoms with van der Waals surface area (Å²) in [5, 5.41) is 12.0. The maximum Gasteiger partial charge on any atom is 0.348 e. The van der Waals surface area contributed by atoms with Crippen LogP contribution >= 0.6 is 11.3 Å². The van der Waals surface area contributed by atoms with Gasteiger partial charge in [-0.3, -0.25) is 9.48 Å². The molecule has 0 aliphatic rings. The Balaban J connectivity index is 1.67. The summed E-state index contributed by atoms with van der Waals surface area (Å²) in [6.07, 6.45) is 1.63. The van der Waals surface area contributed by atoms with Gasteiger partial charge in [-0.2, -0.15) is 5.10 Å². The summed E-state index contributed by atoms with van der Waals surface area (Å²) >= 11 is 1.24. The second-order valence-corrected chi connectivity index (χ2v) is 8.32. The molecule has 2 heterocycles. The summed E-state index contributed by atoms with van der Waals surface area (Å²) in [5.41, 5.74) is 0.925. The van der Waals surface area contributed by atoms with Crippen molar-refractivity contribution in [1.82, 2.24) is 9.78 Å². The number of ether oxygens (including phenoxy) is 1. The third-order valence-electron chi connectivity index (χ3n) is 3.64. The number of nitrogens with one attached hydrogen (secondary N) is 1. The molecule has 0 aliphatic carbocycles. The van der Waals surface area contributed by atoms with Crippen LogP contribution in [0.1, 0.15) is 9.67 Å². The molecule has 1 amide bonds. The van der Waals surface area contributed by atoms with Crippen LogP contribution in [-0.4, -0.2) is 37.2 Å². The lowest BCUT2D eigenvalue weighted by molar-refractivity contribution is -0.116. The van der Waals surface area contributed by atoms with Crippen LogP contribution in [0.2, 0.25) is 0 Å². The van der Waals surface area contributed by atoms with Crippen molar-refractivity contribution in [3.05, 3.63) is 53.5 Å². The van der Waals surface area contributed by atoms with Gasteiger partial charge in [0.2, 0.25) is 15.9 Å². The molecule has 3 N–H and O–H groups in total. The van der Waals surface area contributed by atoms with Gasteiger partial charge in [0.15, 0.2) is 0 Å². The van der Waals surface area contributed by atoms with Gasteiger partial charge < -0.3 is 10.1 Å². The smallest absolute Gasteiger partial charge is 0.348 e. The fraction of sp³-hybridized carbons (Fsp3) is 0.118. The zero-order chi connectivity index (χ0) is 20.3. The Bertz CT molecular complexity index is 1130. The van der Waals surface area contributed by atoms with Crippen LogP contribution in [0.25, 0.3) is 10.6 Å². The number of benzene rings is 1. The van der Waals surface area contributed by atoms with Crippen molar-refractivity contribution >= 4 is 38.9 Å². The first-order chi connectivity index (χ1) is 13.3. The van der Waals surface area contributed by atoms with E-state index in [4.69, 9.17) is 5.14 Å². The minimum atomic E-state index is -3.85. The number of thiophene rings is 1. The maximum atomic E-state index is 12.2. The lowest BCUT2D eigenvalue weighted by Crippen LogP contribution is -2.19. The van der Waals surface area contributed by atoms with E-state index in [-0.39, 0.29) is 17.3 Å². The number of hydrogen-bond donors (Lipinski definition) is 2. The highest BCUT2D eigenvalue weighted by Crippen LogP contribution is 2.27. The van der Waals surface area contributed by atoms with Crippen LogP contribution in [0.15, 0.2) is 53.6 Å². The summed E-state index contributed by atoms with van der Waals surface area (Å²) < 4.78 is 28.9. The van der Waals surface area contributed by atoms with E-state index in [9.17, 15) is 18.0 Å². The molecule has 0 bridgehead atoms. The van der Waals surface area contributed by atoms with Crippen LogP contribution in [0, 0.1) is 0 Å². The number of nitrogens with two attached hydrogens (primary N) is 1. The number of nitrogens with zero attached hydrogens (tertiary/aromatic N) is 2. The van der Waals surface area contributed by atoms with E-state index in [1.54, 1.807) is 30.5 Å². The van der Waals surface area contributed by atoms with Crippen molar-refractivity contribution in [2.45, 2.75) is 11.4 Å². The van der Waals surface area contributed by atoms with Gasteiger partial charge in [0.25, 0.3) is 0 Å². The number of esters is 1. The lowest BCUT2D eigenvalue weighted by atomic mass is 10.3. The van der Waals surface area contributed by atoms with E-state index in [2.05, 4.69) is 15.2 Å². The molecule has 2 aromatic heterocycles. The summed E-state index contributed by atoms with van der Waals surface area (Å²) in [4.78, 5) is 24.9. The molecule has 0 saturated heterocycles. The second-order valence-electron chi connectivity index (χ2n) is 5.68. The fourth-order valence-corrected chi connectivity index (χ4v) is 3.81. The first-order valence-electron chi connectivity index (χ1n) is 7.91. The average Bonchev–Trinajstić information content (AvgIpc) is 3.29. The molecule has 0 saturated carbocycles. The quantitative estimate of drug-likeness (QED) is 0.583. The third kappa shape index (κ3) is 4.63. The lowest BCUT2D eigenvalue weighted by Gasteiger charge is -2.07. The minimum absolute atomic E-state index is 0.0746. The summed E-state index contributed by atoms with van der Waals surface area (Å²) in [6, 6.07) is 10.8. The van der Waals surface area contributed by atoms with Gasteiger partial charge in [-0.15, -0.1) is 11.3 Å². The molecule has 0 spiro atoms. The number of carbonyl (C=O) groups excluding carboxylic acids is 2. The molecule has 0 atom stereocenters. The van der Waals surface area contributed by atoms with Crippen LogP contribution < -0.4 is 10.5 Å². The Morgan fingerprint density at radius 1 is 1.25 bits per heavy atom. The van der Waals surface area contributed by atoms with Crippen molar-refractivity contribution < 1.29 is 22.7 Å². The Labute approximate surface area is 164 Å². The number of anilines is 1. The molecule has 0 radical (unpaired) electrons. The first kappa shape index (κ1) is 19.7. The minimum Gasteiger partial charge on any atom is -0.465 e. The van der Waals surface area contributed by atoms with E-state index in [1.807, 2.05) is 0 Å². The number of amides is 1. The molecule has 3 aromatic rings. The van der Waals surface area contributed by atoms with Crippen LogP contribution in [-0.2, 0) is 26.1 Å². The predicted octanol–water partition coefficient (Wildman–Crippen LogP) is 1.68. The summed E-state index contributed by atoms with van der Waals surface area (Å²) in [7, 11) is -2.54. The standard InChI is InChI=1S/C17H16N4O5S2/c1-26-17(23)15-6-5-14(27-15)13-7-8-21(20-13)10-16(22)19-11-3-2-4-12(9-11)28(18,24)25/h2-9H,10H2,1H3,(H,19,22)(H2,18,24,25). The molecular weight excluding hydrogens is 404 g/mol. The molecule has 3 rings (SSSR count). The maximum absolute atomic E-state index is 12.2. The SMILES string of the molecule is COC(=O)c1ccc(-c2ccn(CC(=O)Nc3cccc(S(N)(=O)=O)c3)n2)s1. The zero-order valence-electron chi connectivity index (χ0n) is 14.7. The number of hydrogen-bond acceptors (Lipinski definition) is 7. The van der Waals surface area contributed by atoms with Crippen molar-refractivity contribution in [1.29, 1.82) is 0 Å². The highest BCUT2D eigenvalue weighted by molar-refractivity contribution is 7.89. The van der Waals surface area contributed by atoms with Gasteiger partial charge in [-0.05, 0) is 36.4 Å². The monoisotopic (exact) mass is 420 g/mol. The molecule has 9 nitrogen and oxygen atoms in total. The van der Waals surface area contributed by atoms with Crippen molar-refractivity contribution in [2.75, 3.05) is 12.4 Å². The molecule has 0 fully saturated rings. The second kappa shape index (κ2) is 7.92. The molecular formula is C17H16N4O5S2. The van der Waals surface area contributed by atoms with Gasteiger partial charge in [-0.25, -0.2) is 18.4 Å². The van der Waals surface area contributed by atoms with Crippen molar-refractivity contribution in [3.63, 3.8) is 0 Å². The first-order valence-corrected chi connectivity index (χ1v) is 10.3. The molecule has 146 valence electrons. The van der Waals surface area contributed by atoms with Gasteiger partial charge in [0.1, 0.15) is 17.1 Å². The number of methoxy groups -OCH3 is 1. The van der Waals surface area contributed by atoms with Gasteiger partial charge in [0.05, 0.1) is 16.9 Å². The molecule has 0 unspecified atom stereocenters. The Hall–Kier alpha value is -3.02. The normalized spacial score (nSPS) is 11.2. The van der Waals surface area contributed by atoms with E-state index >= 15 is 0 Å². The largest absolute Gasteiger partial charge is 0.465 e. The highest BCUT2D eigenvalue weighted by Gasteiger charge is 2.13. The molecule has 1 aromatic carbocycles. The number of rotatable bonds is 6. The van der Waals surface area contributed by atoms with E-state index < -0.39 is 16.0 Å². The van der Waals surface area contributed by atoms with Crippen LogP contribution in [0.3, 0.4) is 0 Å². The molecule has 11 heteroatoms. The predicted molar refractivity (Wildman–Crippen MR) is 103 cm³/mol. The van der Waals surface area contributed by atoms with Gasteiger partial charge in [-0.1, -0.05) is 6.07 Å². The van der Waals surface area contributed by atoms with Gasteiger partial charge >= 0.3 is 5.97 Å². The topological polar surface area (TPSA) is 133 Å². The number of carbonyl (C=O) groups is 2. The molecule has 0 aliphatic heterocycles. The van der Waals surface area contributed by atoms with Crippen LogP contribution in [0.5, 0.6) is 0 Å². The van der Waals surface area contributed by atoms with E-state index in [0.29, 0.717) is 16.3 Å². The molecule has 28 heavy (non-hydrogen) atoms. The van der Waals surface area contributed by atoms with Crippen molar-refractivity contribution in [3.8, 4) is 10.6 Å². The Morgan fingerprint density at radius 2 is 2.04 bits per heavy atom. The Morgan fingerprint density at radius 3 is 2.75 bits per heavy atom. The third-order valence-corrected chi connectivity index (χ3v) is 5.64. The van der Waals surface area contributed by atoms with Gasteiger partial charge in [0, 0.05) is 11.9 Å². The summed E-state index contributed by atoms with van der Waals surface area (Å²) in [5.74, 6) is -0.806. The van der Waals surface area contributed by atoms with Crippen LogP contribution in [0.4, 0.5) is 5.69 Å². The highest BCUT2D eigenvalue weighted by atomic mass is 32.2. The van der Waals surface area contributed by atoms with E-state index in [0.717, 1.165) is 4.88 Å².